The second-order valence-electron chi connectivity index (χ2n) is 5.45. The van der Waals surface area contributed by atoms with E-state index < -0.39 is 15.9 Å². The van der Waals surface area contributed by atoms with Gasteiger partial charge in [0.25, 0.3) is 0 Å². The maximum absolute atomic E-state index is 13.2. The summed E-state index contributed by atoms with van der Waals surface area (Å²) in [7, 11) is -3.04. The molecule has 0 unspecified atom stereocenters. The lowest BCUT2D eigenvalue weighted by Crippen LogP contribution is -2.41. The van der Waals surface area contributed by atoms with E-state index in [4.69, 9.17) is 5.11 Å². The predicted octanol–water partition coefficient (Wildman–Crippen LogP) is 0.168. The second kappa shape index (κ2) is 6.83. The van der Waals surface area contributed by atoms with E-state index in [2.05, 4.69) is 0 Å². The van der Waals surface area contributed by atoms with E-state index in [9.17, 15) is 17.9 Å². The summed E-state index contributed by atoms with van der Waals surface area (Å²) in [4.78, 5) is 1.81. The molecule has 0 aliphatic carbocycles. The van der Waals surface area contributed by atoms with Crippen molar-refractivity contribution in [1.82, 2.24) is 4.90 Å². The van der Waals surface area contributed by atoms with Crippen molar-refractivity contribution in [2.24, 2.45) is 0 Å². The molecule has 0 amide bonds. The average molecular weight is 317 g/mol. The highest BCUT2D eigenvalue weighted by Gasteiger charge is 2.33. The number of hydrogen-bond donors (Lipinski definition) is 2. The summed E-state index contributed by atoms with van der Waals surface area (Å²) in [5.74, 6) is -0.179. The number of aliphatic hydroxyl groups excluding tert-OH is 2. The number of sulfone groups is 1. The third-order valence-corrected chi connectivity index (χ3v) is 5.41. The lowest BCUT2D eigenvalue weighted by Gasteiger charge is -2.29. The summed E-state index contributed by atoms with van der Waals surface area (Å²) in [5, 5.41) is 18.6. The lowest BCUT2D eigenvalue weighted by molar-refractivity contribution is 0.0447. The molecule has 0 bridgehead atoms. The Kier molecular flexibility index (Phi) is 5.32. The molecular weight excluding hydrogens is 297 g/mol. The highest BCUT2D eigenvalue weighted by atomic mass is 32.2. The minimum Gasteiger partial charge on any atom is -0.394 e. The smallest absolute Gasteiger partial charge is 0.151 e. The molecule has 0 aromatic heterocycles. The van der Waals surface area contributed by atoms with Gasteiger partial charge in [-0.05, 0) is 24.1 Å². The maximum atomic E-state index is 13.2. The van der Waals surface area contributed by atoms with E-state index in [1.54, 1.807) is 17.0 Å². The van der Waals surface area contributed by atoms with Crippen molar-refractivity contribution in [2.75, 3.05) is 24.7 Å². The Morgan fingerprint density at radius 1 is 1.43 bits per heavy atom. The number of rotatable bonds is 6. The average Bonchev–Trinajstić information content (AvgIpc) is 2.78. The Morgan fingerprint density at radius 3 is 2.76 bits per heavy atom. The van der Waals surface area contributed by atoms with Crippen molar-refractivity contribution in [1.29, 1.82) is 0 Å². The second-order valence-corrected chi connectivity index (χ2v) is 7.68. The molecule has 1 saturated heterocycles. The van der Waals surface area contributed by atoms with Crippen molar-refractivity contribution < 1.29 is 23.0 Å². The lowest BCUT2D eigenvalue weighted by atomic mass is 10.1. The van der Waals surface area contributed by atoms with E-state index in [1.807, 2.05) is 0 Å². The molecule has 1 fully saturated rings. The molecule has 2 N–H and O–H groups in total. The Balaban J connectivity index is 2.12. The Morgan fingerprint density at radius 2 is 2.19 bits per heavy atom. The minimum absolute atomic E-state index is 0.0421. The molecule has 0 saturated carbocycles. The minimum atomic E-state index is -3.04. The third-order valence-electron chi connectivity index (χ3n) is 3.66. The normalized spacial score (nSPS) is 22.6. The monoisotopic (exact) mass is 317 g/mol. The molecule has 1 aromatic carbocycles. The zero-order valence-corrected chi connectivity index (χ0v) is 12.5. The van der Waals surface area contributed by atoms with Crippen LogP contribution in [0.5, 0.6) is 0 Å². The van der Waals surface area contributed by atoms with Crippen LogP contribution in [0.4, 0.5) is 4.39 Å². The third kappa shape index (κ3) is 4.74. The highest BCUT2D eigenvalue weighted by molar-refractivity contribution is 7.91. The summed E-state index contributed by atoms with van der Waals surface area (Å²) in [6.45, 7) is 0.112. The fourth-order valence-corrected chi connectivity index (χ4v) is 4.37. The summed E-state index contributed by atoms with van der Waals surface area (Å²) < 4.78 is 36.5. The van der Waals surface area contributed by atoms with E-state index >= 15 is 0 Å². The molecule has 1 aliphatic rings. The standard InChI is InChI=1S/C14H20FNO4S/c15-12-3-1-2-11(6-12)7-16(8-14(18)9-17)13-4-5-21(19,20)10-13/h1-3,6,13-14,17-18H,4-5,7-10H2/t13-,14-/m0/s1. The van der Waals surface area contributed by atoms with Crippen LogP contribution >= 0.6 is 0 Å². The van der Waals surface area contributed by atoms with Crippen LogP contribution in [0.3, 0.4) is 0 Å². The van der Waals surface area contributed by atoms with Gasteiger partial charge in [0.05, 0.1) is 24.2 Å². The van der Waals surface area contributed by atoms with Crippen molar-refractivity contribution >= 4 is 9.84 Å². The molecule has 7 heteroatoms. The largest absolute Gasteiger partial charge is 0.394 e. The van der Waals surface area contributed by atoms with Gasteiger partial charge in [-0.25, -0.2) is 12.8 Å². The summed E-state index contributed by atoms with van der Waals surface area (Å²) in [6, 6.07) is 5.87. The number of benzene rings is 1. The molecule has 118 valence electrons. The molecule has 2 rings (SSSR count). The fraction of sp³-hybridized carbons (Fsp3) is 0.571. The van der Waals surface area contributed by atoms with E-state index in [0.29, 0.717) is 18.5 Å². The van der Waals surface area contributed by atoms with Crippen LogP contribution in [0.2, 0.25) is 0 Å². The van der Waals surface area contributed by atoms with Crippen LogP contribution in [-0.2, 0) is 16.4 Å². The molecular formula is C14H20FNO4S. The van der Waals surface area contributed by atoms with Crippen LogP contribution in [0.15, 0.2) is 24.3 Å². The van der Waals surface area contributed by atoms with Crippen LogP contribution < -0.4 is 0 Å². The van der Waals surface area contributed by atoms with Gasteiger partial charge in [0.1, 0.15) is 5.82 Å². The highest BCUT2D eigenvalue weighted by Crippen LogP contribution is 2.20. The van der Waals surface area contributed by atoms with Crippen LogP contribution in [0.25, 0.3) is 0 Å². The number of hydrogen-bond acceptors (Lipinski definition) is 5. The Hall–Kier alpha value is -1.02. The summed E-state index contributed by atoms with van der Waals surface area (Å²) in [5.41, 5.74) is 0.712. The predicted molar refractivity (Wildman–Crippen MR) is 77.0 cm³/mol. The van der Waals surface area contributed by atoms with Gasteiger partial charge >= 0.3 is 0 Å². The van der Waals surface area contributed by atoms with E-state index in [-0.39, 0.29) is 36.5 Å². The molecule has 5 nitrogen and oxygen atoms in total. The zero-order chi connectivity index (χ0) is 15.5. The van der Waals surface area contributed by atoms with Gasteiger partial charge < -0.3 is 10.2 Å². The van der Waals surface area contributed by atoms with Gasteiger partial charge in [-0.1, -0.05) is 12.1 Å². The van der Waals surface area contributed by atoms with Gasteiger partial charge in [-0.15, -0.1) is 0 Å². The quantitative estimate of drug-likeness (QED) is 0.782. The van der Waals surface area contributed by atoms with Gasteiger partial charge in [0.2, 0.25) is 0 Å². The van der Waals surface area contributed by atoms with Gasteiger partial charge in [-0.3, -0.25) is 4.90 Å². The SMILES string of the molecule is O=S1(=O)CC[C@H](N(Cc2cccc(F)c2)C[C@H](O)CO)C1. The molecule has 0 spiro atoms. The molecule has 0 radical (unpaired) electrons. The van der Waals surface area contributed by atoms with E-state index in [0.717, 1.165) is 0 Å². The first-order valence-corrected chi connectivity index (χ1v) is 8.69. The van der Waals surface area contributed by atoms with Crippen LogP contribution in [-0.4, -0.2) is 60.3 Å². The first-order chi connectivity index (χ1) is 9.89. The number of aliphatic hydroxyl groups is 2. The topological polar surface area (TPSA) is 77.8 Å². The number of halogens is 1. The number of nitrogens with zero attached hydrogens (tertiary/aromatic N) is 1. The molecule has 1 heterocycles. The molecule has 1 aromatic rings. The van der Waals surface area contributed by atoms with Gasteiger partial charge in [0, 0.05) is 19.1 Å². The zero-order valence-electron chi connectivity index (χ0n) is 11.7. The molecule has 21 heavy (non-hydrogen) atoms. The Bertz CT molecular complexity index is 578. The Labute approximate surface area is 123 Å². The molecule has 1 aliphatic heterocycles. The first-order valence-electron chi connectivity index (χ1n) is 6.87. The first kappa shape index (κ1) is 16.4. The maximum Gasteiger partial charge on any atom is 0.151 e. The fourth-order valence-electron chi connectivity index (χ4n) is 2.60. The van der Waals surface area contributed by atoms with Crippen LogP contribution in [0, 0.1) is 5.82 Å². The molecule has 2 atom stereocenters. The van der Waals surface area contributed by atoms with Gasteiger partial charge in [0.15, 0.2) is 9.84 Å². The van der Waals surface area contributed by atoms with Crippen LogP contribution in [0.1, 0.15) is 12.0 Å². The van der Waals surface area contributed by atoms with Gasteiger partial charge in [-0.2, -0.15) is 0 Å². The van der Waals surface area contributed by atoms with Crippen molar-refractivity contribution in [3.63, 3.8) is 0 Å². The van der Waals surface area contributed by atoms with Crippen molar-refractivity contribution in [3.8, 4) is 0 Å². The van der Waals surface area contributed by atoms with Crippen molar-refractivity contribution in [3.05, 3.63) is 35.6 Å². The summed E-state index contributed by atoms with van der Waals surface area (Å²) in [6.07, 6.45) is -0.447. The van der Waals surface area contributed by atoms with E-state index in [1.165, 1.54) is 12.1 Å². The van der Waals surface area contributed by atoms with Crippen molar-refractivity contribution in [2.45, 2.75) is 25.1 Å². The summed E-state index contributed by atoms with van der Waals surface area (Å²) >= 11 is 0.